The van der Waals surface area contributed by atoms with Crippen LogP contribution in [0.4, 0.5) is 0 Å². The van der Waals surface area contributed by atoms with E-state index in [9.17, 15) is 0 Å². The molecule has 5 heteroatoms. The maximum Gasteiger partial charge on any atom is 0.228 e. The monoisotopic (exact) mass is 271 g/mol. The summed E-state index contributed by atoms with van der Waals surface area (Å²) in [7, 11) is 1.97. The van der Waals surface area contributed by atoms with E-state index in [1.54, 1.807) is 0 Å². The summed E-state index contributed by atoms with van der Waals surface area (Å²) in [4.78, 5) is 4.44. The molecular weight excluding hydrogens is 246 g/mol. The lowest BCUT2D eigenvalue weighted by molar-refractivity contribution is 0.255. The van der Waals surface area contributed by atoms with Crippen molar-refractivity contribution in [3.63, 3.8) is 0 Å². The molecule has 1 atom stereocenters. The average Bonchev–Trinajstić information content (AvgIpc) is 2.69. The van der Waals surface area contributed by atoms with Crippen LogP contribution in [0.15, 0.2) is 4.52 Å². The van der Waals surface area contributed by atoms with Crippen LogP contribution in [0.3, 0.4) is 0 Å². The van der Waals surface area contributed by atoms with Crippen LogP contribution in [-0.4, -0.2) is 28.5 Å². The van der Waals surface area contributed by atoms with Crippen molar-refractivity contribution < 1.29 is 4.52 Å². The fourth-order valence-corrected chi connectivity index (χ4v) is 2.29. The Morgan fingerprint density at radius 1 is 1.33 bits per heavy atom. The molecule has 0 aromatic carbocycles. The van der Waals surface area contributed by atoms with Crippen molar-refractivity contribution in [3.05, 3.63) is 11.7 Å². The molecule has 0 spiro atoms. The Hall–Kier alpha value is -0.550. The van der Waals surface area contributed by atoms with Gasteiger partial charge < -0.3 is 9.84 Å². The third-order valence-electron chi connectivity index (χ3n) is 2.83. The van der Waals surface area contributed by atoms with Gasteiger partial charge in [-0.25, -0.2) is 0 Å². The number of aromatic nitrogens is 2. The highest BCUT2D eigenvalue weighted by molar-refractivity contribution is 7.99. The molecule has 4 nitrogen and oxygen atoms in total. The minimum atomic E-state index is 0.177. The van der Waals surface area contributed by atoms with E-state index in [0.717, 1.165) is 23.9 Å². The first-order valence-corrected chi connectivity index (χ1v) is 7.48. The molecule has 0 amide bonds. The van der Waals surface area contributed by atoms with Gasteiger partial charge in [0.25, 0.3) is 0 Å². The van der Waals surface area contributed by atoms with E-state index in [1.165, 1.54) is 0 Å². The van der Waals surface area contributed by atoms with Gasteiger partial charge in [-0.3, -0.25) is 0 Å². The fraction of sp³-hybridized carbons (Fsp3) is 0.846. The average molecular weight is 271 g/mol. The summed E-state index contributed by atoms with van der Waals surface area (Å²) in [6.07, 6.45) is 0.777. The van der Waals surface area contributed by atoms with Crippen LogP contribution in [0, 0.1) is 5.41 Å². The van der Waals surface area contributed by atoms with E-state index >= 15 is 0 Å². The molecular formula is C13H25N3OS. The van der Waals surface area contributed by atoms with Crippen molar-refractivity contribution >= 4 is 11.8 Å². The minimum absolute atomic E-state index is 0.177. The molecule has 0 bridgehead atoms. The second-order valence-electron chi connectivity index (χ2n) is 5.88. The highest BCUT2D eigenvalue weighted by Crippen LogP contribution is 2.22. The zero-order valence-electron chi connectivity index (χ0n) is 12.3. The Morgan fingerprint density at radius 2 is 2.00 bits per heavy atom. The quantitative estimate of drug-likeness (QED) is 0.862. The molecule has 104 valence electrons. The molecule has 0 aliphatic carbocycles. The highest BCUT2D eigenvalue weighted by Gasteiger charge is 2.25. The van der Waals surface area contributed by atoms with E-state index in [4.69, 9.17) is 4.52 Å². The number of hydrogen-bond donors (Lipinski definition) is 1. The lowest BCUT2D eigenvalue weighted by atomic mass is 9.85. The van der Waals surface area contributed by atoms with Gasteiger partial charge in [0.2, 0.25) is 5.89 Å². The molecule has 1 rings (SSSR count). The summed E-state index contributed by atoms with van der Waals surface area (Å²) < 4.78 is 5.31. The SMILES string of the molecule is CNC(Cc1nc(CSC(C)C)no1)C(C)(C)C. The Morgan fingerprint density at radius 3 is 2.50 bits per heavy atom. The Kier molecular flexibility index (Phi) is 5.66. The molecule has 0 radical (unpaired) electrons. The minimum Gasteiger partial charge on any atom is -0.339 e. The Bertz CT molecular complexity index is 357. The lowest BCUT2D eigenvalue weighted by Crippen LogP contribution is -2.39. The van der Waals surface area contributed by atoms with Gasteiger partial charge in [0.15, 0.2) is 5.82 Å². The predicted octanol–water partition coefficient (Wildman–Crippen LogP) is 2.89. The maximum atomic E-state index is 5.31. The van der Waals surface area contributed by atoms with Gasteiger partial charge in [-0.1, -0.05) is 39.8 Å². The number of hydrogen-bond acceptors (Lipinski definition) is 5. The van der Waals surface area contributed by atoms with Crippen molar-refractivity contribution in [3.8, 4) is 0 Å². The van der Waals surface area contributed by atoms with Gasteiger partial charge >= 0.3 is 0 Å². The standard InChI is InChI=1S/C13H25N3OS/c1-9(2)18-8-11-15-12(17-16-11)7-10(14-6)13(3,4)5/h9-10,14H,7-8H2,1-6H3. The van der Waals surface area contributed by atoms with Crippen molar-refractivity contribution in [1.82, 2.24) is 15.5 Å². The summed E-state index contributed by atoms with van der Waals surface area (Å²) in [6, 6.07) is 0.337. The summed E-state index contributed by atoms with van der Waals surface area (Å²) in [5.74, 6) is 2.34. The van der Waals surface area contributed by atoms with Crippen LogP contribution in [0.5, 0.6) is 0 Å². The van der Waals surface area contributed by atoms with Gasteiger partial charge in [-0.2, -0.15) is 16.7 Å². The van der Waals surface area contributed by atoms with E-state index < -0.39 is 0 Å². The molecule has 1 aromatic heterocycles. The Balaban J connectivity index is 2.57. The van der Waals surface area contributed by atoms with E-state index in [0.29, 0.717) is 11.3 Å². The van der Waals surface area contributed by atoms with E-state index in [2.05, 4.69) is 50.1 Å². The lowest BCUT2D eigenvalue weighted by Gasteiger charge is -2.29. The number of nitrogens with zero attached hydrogens (tertiary/aromatic N) is 2. The second-order valence-corrected chi connectivity index (χ2v) is 7.44. The van der Waals surface area contributed by atoms with Crippen LogP contribution in [0.2, 0.25) is 0 Å². The van der Waals surface area contributed by atoms with Crippen molar-refractivity contribution in [1.29, 1.82) is 0 Å². The smallest absolute Gasteiger partial charge is 0.228 e. The largest absolute Gasteiger partial charge is 0.339 e. The van der Waals surface area contributed by atoms with Gasteiger partial charge in [-0.15, -0.1) is 0 Å². The molecule has 0 saturated heterocycles. The zero-order chi connectivity index (χ0) is 13.8. The molecule has 18 heavy (non-hydrogen) atoms. The number of likely N-dealkylation sites (N-methyl/N-ethyl adjacent to an activating group) is 1. The molecule has 0 fully saturated rings. The highest BCUT2D eigenvalue weighted by atomic mass is 32.2. The van der Waals surface area contributed by atoms with Crippen LogP contribution < -0.4 is 5.32 Å². The molecule has 1 N–H and O–H groups in total. The number of nitrogens with one attached hydrogen (secondary N) is 1. The first kappa shape index (κ1) is 15.5. The molecule has 0 saturated carbocycles. The van der Waals surface area contributed by atoms with Crippen LogP contribution in [0.25, 0.3) is 0 Å². The number of rotatable bonds is 6. The topological polar surface area (TPSA) is 51.0 Å². The molecule has 1 aromatic rings. The first-order chi connectivity index (χ1) is 8.32. The van der Waals surface area contributed by atoms with E-state index in [1.807, 2.05) is 18.8 Å². The Labute approximate surface area is 114 Å². The second kappa shape index (κ2) is 6.57. The summed E-state index contributed by atoms with van der Waals surface area (Å²) in [6.45, 7) is 11.0. The first-order valence-electron chi connectivity index (χ1n) is 6.43. The molecule has 1 unspecified atom stereocenters. The van der Waals surface area contributed by atoms with Crippen LogP contribution >= 0.6 is 11.8 Å². The van der Waals surface area contributed by atoms with E-state index in [-0.39, 0.29) is 5.41 Å². The van der Waals surface area contributed by atoms with Crippen LogP contribution in [-0.2, 0) is 12.2 Å². The molecule has 1 heterocycles. The van der Waals surface area contributed by atoms with Crippen molar-refractivity contribution in [2.45, 2.75) is 58.1 Å². The van der Waals surface area contributed by atoms with Crippen molar-refractivity contribution in [2.75, 3.05) is 7.05 Å². The normalized spacial score (nSPS) is 14.2. The van der Waals surface area contributed by atoms with Gasteiger partial charge in [0, 0.05) is 12.5 Å². The fourth-order valence-electron chi connectivity index (χ4n) is 1.69. The summed E-state index contributed by atoms with van der Waals surface area (Å²) in [5, 5.41) is 7.93. The third kappa shape index (κ3) is 4.98. The summed E-state index contributed by atoms with van der Waals surface area (Å²) in [5.41, 5.74) is 0.177. The molecule has 0 aliphatic heterocycles. The van der Waals surface area contributed by atoms with Crippen molar-refractivity contribution in [2.24, 2.45) is 5.41 Å². The van der Waals surface area contributed by atoms with Gasteiger partial charge in [-0.05, 0) is 17.7 Å². The number of thioether (sulfide) groups is 1. The van der Waals surface area contributed by atoms with Gasteiger partial charge in [0.1, 0.15) is 0 Å². The third-order valence-corrected chi connectivity index (χ3v) is 3.92. The van der Waals surface area contributed by atoms with Crippen LogP contribution in [0.1, 0.15) is 46.3 Å². The summed E-state index contributed by atoms with van der Waals surface area (Å²) >= 11 is 1.83. The zero-order valence-corrected chi connectivity index (χ0v) is 13.1. The molecule has 0 aliphatic rings. The predicted molar refractivity (Wildman–Crippen MR) is 76.7 cm³/mol. The maximum absolute atomic E-state index is 5.31. The van der Waals surface area contributed by atoms with Gasteiger partial charge in [0.05, 0.1) is 5.75 Å².